The van der Waals surface area contributed by atoms with Crippen LogP contribution in [0.1, 0.15) is 32.6 Å². The fourth-order valence-corrected chi connectivity index (χ4v) is 3.20. The molecule has 80 valence electrons. The summed E-state index contributed by atoms with van der Waals surface area (Å²) in [5, 5.41) is 0. The first-order chi connectivity index (χ1) is 6.77. The van der Waals surface area contributed by atoms with Crippen LogP contribution in [0.25, 0.3) is 0 Å². The third kappa shape index (κ3) is 1.40. The van der Waals surface area contributed by atoms with Crippen molar-refractivity contribution < 1.29 is 4.74 Å². The molecule has 0 aromatic carbocycles. The van der Waals surface area contributed by atoms with Gasteiger partial charge in [0.15, 0.2) is 0 Å². The Morgan fingerprint density at radius 1 is 1.14 bits per heavy atom. The van der Waals surface area contributed by atoms with Crippen LogP contribution in [0.4, 0.5) is 0 Å². The summed E-state index contributed by atoms with van der Waals surface area (Å²) in [5.41, 5.74) is 0.617. The third-order valence-electron chi connectivity index (χ3n) is 4.54. The predicted molar refractivity (Wildman–Crippen MR) is 56.2 cm³/mol. The first kappa shape index (κ1) is 9.17. The van der Waals surface area contributed by atoms with E-state index >= 15 is 0 Å². The smallest absolute Gasteiger partial charge is 0.0545 e. The molecule has 2 heteroatoms. The van der Waals surface area contributed by atoms with Gasteiger partial charge in [0.05, 0.1) is 13.2 Å². The molecule has 2 heterocycles. The maximum absolute atomic E-state index is 5.35. The van der Waals surface area contributed by atoms with Gasteiger partial charge in [0.25, 0.3) is 0 Å². The van der Waals surface area contributed by atoms with E-state index in [9.17, 15) is 0 Å². The highest BCUT2D eigenvalue weighted by Gasteiger charge is 2.43. The predicted octanol–water partition coefficient (Wildman–Crippen LogP) is 1.90. The van der Waals surface area contributed by atoms with E-state index in [0.29, 0.717) is 5.41 Å². The maximum Gasteiger partial charge on any atom is 0.0545 e. The lowest BCUT2D eigenvalue weighted by molar-refractivity contribution is -0.146. The fraction of sp³-hybridized carbons (Fsp3) is 1.00. The van der Waals surface area contributed by atoms with Gasteiger partial charge in [0.1, 0.15) is 0 Å². The number of ether oxygens (including phenoxy) is 1. The van der Waals surface area contributed by atoms with E-state index in [1.165, 1.54) is 38.8 Å². The fourth-order valence-electron chi connectivity index (χ4n) is 3.20. The molecule has 2 nitrogen and oxygen atoms in total. The molecule has 0 radical (unpaired) electrons. The van der Waals surface area contributed by atoms with Crippen LogP contribution in [0.15, 0.2) is 0 Å². The van der Waals surface area contributed by atoms with E-state index in [-0.39, 0.29) is 0 Å². The van der Waals surface area contributed by atoms with Crippen LogP contribution in [-0.4, -0.2) is 37.2 Å². The minimum Gasteiger partial charge on any atom is -0.380 e. The highest BCUT2D eigenvalue weighted by Crippen LogP contribution is 2.41. The maximum atomic E-state index is 5.35. The second-order valence-electron chi connectivity index (χ2n) is 5.76. The van der Waals surface area contributed by atoms with Crippen molar-refractivity contribution in [2.45, 2.75) is 38.6 Å². The Kier molecular flexibility index (Phi) is 2.10. The standard InChI is InChI=1S/C12H21NO/c1-10-6-11(7-10)13-4-2-12(3-5-13)8-14-9-12/h10-11H,2-9H2,1H3. The van der Waals surface area contributed by atoms with Gasteiger partial charge in [-0.1, -0.05) is 6.92 Å². The van der Waals surface area contributed by atoms with Crippen molar-refractivity contribution in [1.82, 2.24) is 4.90 Å². The normalized spacial score (nSPS) is 41.8. The molecule has 0 bridgehead atoms. The summed E-state index contributed by atoms with van der Waals surface area (Å²) in [6.45, 7) is 7.13. The van der Waals surface area contributed by atoms with Gasteiger partial charge in [-0.05, 0) is 44.7 Å². The Morgan fingerprint density at radius 3 is 2.21 bits per heavy atom. The Morgan fingerprint density at radius 2 is 1.79 bits per heavy atom. The average Bonchev–Trinajstić information content (AvgIpc) is 2.11. The van der Waals surface area contributed by atoms with Crippen LogP contribution < -0.4 is 0 Å². The Balaban J connectivity index is 1.51. The second kappa shape index (κ2) is 3.21. The number of piperidine rings is 1. The monoisotopic (exact) mass is 195 g/mol. The molecule has 0 unspecified atom stereocenters. The minimum atomic E-state index is 0.617. The molecule has 3 aliphatic rings. The molecule has 0 atom stereocenters. The van der Waals surface area contributed by atoms with E-state index in [1.54, 1.807) is 0 Å². The van der Waals surface area contributed by atoms with E-state index in [1.807, 2.05) is 0 Å². The van der Waals surface area contributed by atoms with Crippen LogP contribution in [0.3, 0.4) is 0 Å². The summed E-state index contributed by atoms with van der Waals surface area (Å²) in [4.78, 5) is 2.73. The largest absolute Gasteiger partial charge is 0.380 e. The zero-order valence-electron chi connectivity index (χ0n) is 9.17. The lowest BCUT2D eigenvalue weighted by atomic mass is 9.74. The van der Waals surface area contributed by atoms with Crippen molar-refractivity contribution in [3.05, 3.63) is 0 Å². The van der Waals surface area contributed by atoms with E-state index in [2.05, 4.69) is 11.8 Å². The lowest BCUT2D eigenvalue weighted by Gasteiger charge is -2.51. The molecule has 0 aromatic rings. The van der Waals surface area contributed by atoms with Gasteiger partial charge < -0.3 is 9.64 Å². The summed E-state index contributed by atoms with van der Waals surface area (Å²) < 4.78 is 5.35. The molecule has 1 aliphatic carbocycles. The molecule has 14 heavy (non-hydrogen) atoms. The molecule has 0 aromatic heterocycles. The number of hydrogen-bond donors (Lipinski definition) is 0. The Labute approximate surface area is 86.6 Å². The van der Waals surface area contributed by atoms with Crippen LogP contribution in [0, 0.1) is 11.3 Å². The van der Waals surface area contributed by atoms with Crippen LogP contribution in [0.5, 0.6) is 0 Å². The molecule has 2 aliphatic heterocycles. The molecule has 0 N–H and O–H groups in total. The van der Waals surface area contributed by atoms with Crippen LogP contribution >= 0.6 is 0 Å². The first-order valence-electron chi connectivity index (χ1n) is 6.09. The van der Waals surface area contributed by atoms with Crippen LogP contribution in [0.2, 0.25) is 0 Å². The molecule has 1 spiro atoms. The van der Waals surface area contributed by atoms with Gasteiger partial charge in [-0.25, -0.2) is 0 Å². The van der Waals surface area contributed by atoms with Crippen molar-refractivity contribution in [1.29, 1.82) is 0 Å². The number of nitrogens with zero attached hydrogens (tertiary/aromatic N) is 1. The Hall–Kier alpha value is -0.0800. The molecular formula is C12H21NO. The van der Waals surface area contributed by atoms with Crippen molar-refractivity contribution in [2.24, 2.45) is 11.3 Å². The third-order valence-corrected chi connectivity index (χ3v) is 4.54. The molecular weight excluding hydrogens is 174 g/mol. The van der Waals surface area contributed by atoms with Gasteiger partial charge in [-0.15, -0.1) is 0 Å². The SMILES string of the molecule is CC1CC(N2CCC3(CC2)COC3)C1. The van der Waals surface area contributed by atoms with Gasteiger partial charge in [0.2, 0.25) is 0 Å². The Bertz CT molecular complexity index is 208. The van der Waals surface area contributed by atoms with Crippen LogP contribution in [-0.2, 0) is 4.74 Å². The number of likely N-dealkylation sites (tertiary alicyclic amines) is 1. The first-order valence-corrected chi connectivity index (χ1v) is 6.09. The van der Waals surface area contributed by atoms with Crippen molar-refractivity contribution >= 4 is 0 Å². The zero-order valence-corrected chi connectivity index (χ0v) is 9.17. The quantitative estimate of drug-likeness (QED) is 0.633. The number of rotatable bonds is 1. The minimum absolute atomic E-state index is 0.617. The highest BCUT2D eigenvalue weighted by atomic mass is 16.5. The summed E-state index contributed by atoms with van der Waals surface area (Å²) in [7, 11) is 0. The second-order valence-corrected chi connectivity index (χ2v) is 5.76. The van der Waals surface area contributed by atoms with Gasteiger partial charge >= 0.3 is 0 Å². The van der Waals surface area contributed by atoms with Gasteiger partial charge in [-0.2, -0.15) is 0 Å². The van der Waals surface area contributed by atoms with Crippen molar-refractivity contribution in [3.63, 3.8) is 0 Å². The van der Waals surface area contributed by atoms with Gasteiger partial charge in [0, 0.05) is 11.5 Å². The topological polar surface area (TPSA) is 12.5 Å². The summed E-state index contributed by atoms with van der Waals surface area (Å²) in [6.07, 6.45) is 5.67. The zero-order chi connectivity index (χ0) is 9.60. The molecule has 1 saturated carbocycles. The highest BCUT2D eigenvalue weighted by molar-refractivity contribution is 4.94. The lowest BCUT2D eigenvalue weighted by Crippen LogP contribution is -2.55. The van der Waals surface area contributed by atoms with E-state index in [0.717, 1.165) is 25.2 Å². The molecule has 3 rings (SSSR count). The average molecular weight is 195 g/mol. The van der Waals surface area contributed by atoms with Crippen molar-refractivity contribution in [3.8, 4) is 0 Å². The summed E-state index contributed by atoms with van der Waals surface area (Å²) >= 11 is 0. The van der Waals surface area contributed by atoms with Gasteiger partial charge in [-0.3, -0.25) is 0 Å². The van der Waals surface area contributed by atoms with Crippen molar-refractivity contribution in [2.75, 3.05) is 26.3 Å². The summed E-state index contributed by atoms with van der Waals surface area (Å²) in [5.74, 6) is 0.989. The van der Waals surface area contributed by atoms with E-state index < -0.39 is 0 Å². The molecule has 3 fully saturated rings. The number of hydrogen-bond acceptors (Lipinski definition) is 2. The van der Waals surface area contributed by atoms with E-state index in [4.69, 9.17) is 4.74 Å². The molecule has 2 saturated heterocycles. The molecule has 0 amide bonds. The summed E-state index contributed by atoms with van der Waals surface area (Å²) in [6, 6.07) is 0.934.